The number of nitrogens with zero attached hydrogens (tertiary/aromatic N) is 2. The molecule has 1 aromatic heterocycles. The second-order valence-electron chi connectivity index (χ2n) is 4.92. The molecule has 1 atom stereocenters. The van der Waals surface area contributed by atoms with E-state index in [-0.39, 0.29) is 17.9 Å². The first-order valence-corrected chi connectivity index (χ1v) is 6.36. The van der Waals surface area contributed by atoms with E-state index in [0.717, 1.165) is 11.8 Å². The molecule has 0 fully saturated rings. The van der Waals surface area contributed by atoms with Crippen molar-refractivity contribution in [2.75, 3.05) is 0 Å². The quantitative estimate of drug-likeness (QED) is 0.873. The lowest BCUT2D eigenvalue weighted by molar-refractivity contribution is -0.137. The van der Waals surface area contributed by atoms with E-state index in [4.69, 9.17) is 0 Å². The van der Waals surface area contributed by atoms with Crippen molar-refractivity contribution in [1.82, 2.24) is 9.55 Å². The molecule has 1 N–H and O–H groups in total. The zero-order valence-electron chi connectivity index (χ0n) is 10.6. The monoisotopic (exact) mass is 282 g/mol. The van der Waals surface area contributed by atoms with E-state index in [1.807, 2.05) is 0 Å². The van der Waals surface area contributed by atoms with Crippen molar-refractivity contribution in [2.45, 2.75) is 31.7 Å². The largest absolute Gasteiger partial charge is 0.417 e. The van der Waals surface area contributed by atoms with Gasteiger partial charge in [-0.25, -0.2) is 4.98 Å². The number of aliphatic hydroxyl groups excluding tert-OH is 1. The molecule has 0 aliphatic carbocycles. The first-order valence-electron chi connectivity index (χ1n) is 6.36. The van der Waals surface area contributed by atoms with E-state index < -0.39 is 17.8 Å². The zero-order chi connectivity index (χ0) is 14.3. The Balaban J connectivity index is 2.14. The lowest BCUT2D eigenvalue weighted by Crippen LogP contribution is -2.24. The number of alkyl halides is 3. The average Bonchev–Trinajstić information content (AvgIpc) is 2.80. The summed E-state index contributed by atoms with van der Waals surface area (Å²) in [6.45, 7) is 0.289. The van der Waals surface area contributed by atoms with Crippen LogP contribution in [0, 0.1) is 0 Å². The summed E-state index contributed by atoms with van der Waals surface area (Å²) in [5.41, 5.74) is 0.219. The standard InChI is InChI=1S/C14H13F3N2O/c15-14(16,17)12-4-2-1-3-11(12)13-18-7-9-5-6-10(20)8-19(9)13/h1-4,7,10,20H,5-6,8H2. The van der Waals surface area contributed by atoms with Gasteiger partial charge in [-0.15, -0.1) is 0 Å². The molecule has 106 valence electrons. The summed E-state index contributed by atoms with van der Waals surface area (Å²) in [7, 11) is 0. The van der Waals surface area contributed by atoms with Crippen molar-refractivity contribution < 1.29 is 18.3 Å². The number of hydrogen-bond acceptors (Lipinski definition) is 2. The summed E-state index contributed by atoms with van der Waals surface area (Å²) >= 11 is 0. The van der Waals surface area contributed by atoms with Gasteiger partial charge in [-0.1, -0.05) is 18.2 Å². The Bertz CT molecular complexity index is 634. The number of imidazole rings is 1. The highest BCUT2D eigenvalue weighted by Crippen LogP contribution is 2.37. The van der Waals surface area contributed by atoms with Gasteiger partial charge in [-0.05, 0) is 18.9 Å². The van der Waals surface area contributed by atoms with Crippen LogP contribution in [0.5, 0.6) is 0 Å². The normalized spacial score (nSPS) is 18.9. The van der Waals surface area contributed by atoms with Gasteiger partial charge in [0.2, 0.25) is 0 Å². The third-order valence-electron chi connectivity index (χ3n) is 3.54. The van der Waals surface area contributed by atoms with Crippen molar-refractivity contribution in [3.8, 4) is 11.4 Å². The molecule has 1 aliphatic heterocycles. The third kappa shape index (κ3) is 2.20. The van der Waals surface area contributed by atoms with E-state index in [1.54, 1.807) is 16.8 Å². The average molecular weight is 282 g/mol. The fraction of sp³-hybridized carbons (Fsp3) is 0.357. The van der Waals surface area contributed by atoms with E-state index in [9.17, 15) is 18.3 Å². The van der Waals surface area contributed by atoms with Gasteiger partial charge >= 0.3 is 6.18 Å². The lowest BCUT2D eigenvalue weighted by Gasteiger charge is -2.22. The molecule has 1 aromatic carbocycles. The molecule has 2 aromatic rings. The summed E-state index contributed by atoms with van der Waals surface area (Å²) in [5, 5.41) is 9.70. The van der Waals surface area contributed by atoms with Crippen molar-refractivity contribution in [3.05, 3.63) is 41.7 Å². The highest BCUT2D eigenvalue weighted by Gasteiger charge is 2.35. The number of rotatable bonds is 1. The molecule has 20 heavy (non-hydrogen) atoms. The van der Waals surface area contributed by atoms with Gasteiger partial charge in [0.25, 0.3) is 0 Å². The van der Waals surface area contributed by atoms with Crippen LogP contribution in [0.3, 0.4) is 0 Å². The number of halogens is 3. The molecule has 0 saturated carbocycles. The Morgan fingerprint density at radius 2 is 2.00 bits per heavy atom. The Labute approximate surface area is 113 Å². The smallest absolute Gasteiger partial charge is 0.391 e. The second-order valence-corrected chi connectivity index (χ2v) is 4.92. The summed E-state index contributed by atoms with van der Waals surface area (Å²) in [6, 6.07) is 5.39. The molecule has 0 saturated heterocycles. The van der Waals surface area contributed by atoms with Gasteiger partial charge in [-0.3, -0.25) is 0 Å². The molecule has 0 radical (unpaired) electrons. The third-order valence-corrected chi connectivity index (χ3v) is 3.54. The molecule has 3 rings (SSSR count). The minimum Gasteiger partial charge on any atom is -0.391 e. The molecular formula is C14H13F3N2O. The molecule has 0 spiro atoms. The van der Waals surface area contributed by atoms with Gasteiger partial charge in [0, 0.05) is 17.5 Å². The summed E-state index contributed by atoms with van der Waals surface area (Å²) in [4.78, 5) is 4.13. The maximum Gasteiger partial charge on any atom is 0.417 e. The van der Waals surface area contributed by atoms with E-state index >= 15 is 0 Å². The number of fused-ring (bicyclic) bond motifs is 1. The number of benzene rings is 1. The topological polar surface area (TPSA) is 38.1 Å². The summed E-state index contributed by atoms with van der Waals surface area (Å²) in [6.07, 6.45) is -2.12. The van der Waals surface area contributed by atoms with Crippen molar-refractivity contribution in [3.63, 3.8) is 0 Å². The van der Waals surface area contributed by atoms with Crippen molar-refractivity contribution in [2.24, 2.45) is 0 Å². The minimum atomic E-state index is -4.42. The number of hydrogen-bond donors (Lipinski definition) is 1. The molecule has 1 aliphatic rings. The summed E-state index contributed by atoms with van der Waals surface area (Å²) < 4.78 is 40.9. The number of aliphatic hydroxyl groups is 1. The van der Waals surface area contributed by atoms with Crippen LogP contribution in [0.4, 0.5) is 13.2 Å². The first-order chi connectivity index (χ1) is 9.47. The predicted molar refractivity (Wildman–Crippen MR) is 67.0 cm³/mol. The van der Waals surface area contributed by atoms with Crippen LogP contribution < -0.4 is 0 Å². The lowest BCUT2D eigenvalue weighted by atomic mass is 10.0. The molecule has 6 heteroatoms. The van der Waals surface area contributed by atoms with Crippen molar-refractivity contribution >= 4 is 0 Å². The fourth-order valence-corrected chi connectivity index (χ4v) is 2.57. The van der Waals surface area contributed by atoms with Crippen LogP contribution in [0.15, 0.2) is 30.5 Å². The minimum absolute atomic E-state index is 0.0559. The van der Waals surface area contributed by atoms with Crippen LogP contribution in [-0.2, 0) is 19.1 Å². The van der Waals surface area contributed by atoms with Crippen LogP contribution >= 0.6 is 0 Å². The highest BCUT2D eigenvalue weighted by atomic mass is 19.4. The van der Waals surface area contributed by atoms with E-state index in [0.29, 0.717) is 12.8 Å². The Morgan fingerprint density at radius 1 is 1.25 bits per heavy atom. The molecular weight excluding hydrogens is 269 g/mol. The maximum absolute atomic E-state index is 13.1. The number of aromatic nitrogens is 2. The summed E-state index contributed by atoms with van der Waals surface area (Å²) in [5.74, 6) is 0.270. The van der Waals surface area contributed by atoms with Gasteiger partial charge in [0.05, 0.1) is 18.2 Å². The highest BCUT2D eigenvalue weighted by molar-refractivity contribution is 5.62. The second kappa shape index (κ2) is 4.63. The SMILES string of the molecule is OC1CCc2cnc(-c3ccccc3C(F)(F)F)n2C1. The molecule has 3 nitrogen and oxygen atoms in total. The Kier molecular flexibility index (Phi) is 3.05. The first kappa shape index (κ1) is 13.2. The van der Waals surface area contributed by atoms with E-state index in [2.05, 4.69) is 4.98 Å². The van der Waals surface area contributed by atoms with Gasteiger partial charge in [0.1, 0.15) is 5.82 Å². The van der Waals surface area contributed by atoms with Gasteiger partial charge in [0.15, 0.2) is 0 Å². The van der Waals surface area contributed by atoms with Crippen LogP contribution in [0.1, 0.15) is 17.7 Å². The Morgan fingerprint density at radius 3 is 2.75 bits per heavy atom. The van der Waals surface area contributed by atoms with Crippen LogP contribution in [-0.4, -0.2) is 20.8 Å². The predicted octanol–water partition coefficient (Wildman–Crippen LogP) is 2.88. The van der Waals surface area contributed by atoms with Gasteiger partial charge in [-0.2, -0.15) is 13.2 Å². The fourth-order valence-electron chi connectivity index (χ4n) is 2.57. The van der Waals surface area contributed by atoms with Crippen LogP contribution in [0.2, 0.25) is 0 Å². The molecule has 2 heterocycles. The Hall–Kier alpha value is -1.82. The molecule has 0 amide bonds. The molecule has 1 unspecified atom stereocenters. The number of aryl methyl sites for hydroxylation is 1. The maximum atomic E-state index is 13.1. The van der Waals surface area contributed by atoms with Crippen LogP contribution in [0.25, 0.3) is 11.4 Å². The van der Waals surface area contributed by atoms with Crippen molar-refractivity contribution in [1.29, 1.82) is 0 Å². The van der Waals surface area contributed by atoms with E-state index in [1.165, 1.54) is 12.1 Å². The van der Waals surface area contributed by atoms with Gasteiger partial charge < -0.3 is 9.67 Å². The molecule has 0 bridgehead atoms. The zero-order valence-corrected chi connectivity index (χ0v) is 10.6.